The fourth-order valence-electron chi connectivity index (χ4n) is 2.80. The zero-order valence-electron chi connectivity index (χ0n) is 11.8. The van der Waals surface area contributed by atoms with E-state index >= 15 is 0 Å². The normalized spacial score (nSPS) is 14.7. The Morgan fingerprint density at radius 1 is 1.00 bits per heavy atom. The first-order chi connectivity index (χ1) is 7.88. The van der Waals surface area contributed by atoms with Gasteiger partial charge in [-0.3, -0.25) is 0 Å². The summed E-state index contributed by atoms with van der Waals surface area (Å²) in [6.07, 6.45) is 1.60. The molecule has 1 atom stereocenters. The predicted molar refractivity (Wildman–Crippen MR) is 74.2 cm³/mol. The van der Waals surface area contributed by atoms with Crippen LogP contribution in [-0.2, 0) is 5.41 Å². The first-order valence-electron chi connectivity index (χ1n) is 6.62. The third-order valence-corrected chi connectivity index (χ3v) is 3.95. The van der Waals surface area contributed by atoms with Gasteiger partial charge in [-0.15, -0.1) is 0 Å². The predicted octanol–water partition coefficient (Wildman–Crippen LogP) is 4.15. The van der Waals surface area contributed by atoms with Gasteiger partial charge in [0.25, 0.3) is 0 Å². The van der Waals surface area contributed by atoms with Crippen molar-refractivity contribution in [1.29, 1.82) is 0 Å². The molecule has 96 valence electrons. The molecule has 0 aliphatic rings. The molecule has 1 unspecified atom stereocenters. The maximum atomic E-state index is 10.7. The molecular formula is C16H26O. The van der Waals surface area contributed by atoms with Crippen LogP contribution in [0.1, 0.15) is 53.0 Å². The zero-order chi connectivity index (χ0) is 13.1. The van der Waals surface area contributed by atoms with Gasteiger partial charge in [-0.1, -0.05) is 65.0 Å². The molecule has 0 aliphatic heterocycles. The summed E-state index contributed by atoms with van der Waals surface area (Å²) in [5.41, 5.74) is 1.04. The van der Waals surface area contributed by atoms with Gasteiger partial charge in [-0.2, -0.15) is 0 Å². The van der Waals surface area contributed by atoms with Gasteiger partial charge in [0.1, 0.15) is 0 Å². The molecule has 0 fully saturated rings. The SMILES string of the molecule is CCC(CC)(c1ccccc1)C(O)C(C)(C)C. The number of hydrogen-bond acceptors (Lipinski definition) is 1. The molecule has 1 heteroatoms. The van der Waals surface area contributed by atoms with Crippen LogP contribution >= 0.6 is 0 Å². The number of aliphatic hydroxyl groups excluding tert-OH is 1. The molecule has 0 saturated carbocycles. The quantitative estimate of drug-likeness (QED) is 0.829. The molecule has 0 radical (unpaired) electrons. The van der Waals surface area contributed by atoms with Crippen molar-refractivity contribution in [1.82, 2.24) is 0 Å². The van der Waals surface area contributed by atoms with Gasteiger partial charge in [0.2, 0.25) is 0 Å². The van der Waals surface area contributed by atoms with Gasteiger partial charge in [0, 0.05) is 5.41 Å². The van der Waals surface area contributed by atoms with E-state index in [2.05, 4.69) is 58.9 Å². The van der Waals surface area contributed by atoms with Gasteiger partial charge in [-0.25, -0.2) is 0 Å². The van der Waals surface area contributed by atoms with Gasteiger partial charge in [0.05, 0.1) is 6.10 Å². The highest BCUT2D eigenvalue weighted by atomic mass is 16.3. The number of rotatable bonds is 4. The smallest absolute Gasteiger partial charge is 0.0684 e. The molecule has 0 heterocycles. The first-order valence-corrected chi connectivity index (χ1v) is 6.62. The molecule has 0 aliphatic carbocycles. The van der Waals surface area contributed by atoms with Crippen molar-refractivity contribution >= 4 is 0 Å². The minimum absolute atomic E-state index is 0.0954. The molecule has 17 heavy (non-hydrogen) atoms. The Morgan fingerprint density at radius 2 is 1.47 bits per heavy atom. The summed E-state index contributed by atoms with van der Waals surface area (Å²) >= 11 is 0. The summed E-state index contributed by atoms with van der Waals surface area (Å²) in [7, 11) is 0. The second-order valence-electron chi connectivity index (χ2n) is 6.00. The molecule has 1 aromatic rings. The lowest BCUT2D eigenvalue weighted by Crippen LogP contribution is -2.46. The lowest BCUT2D eigenvalue weighted by molar-refractivity contribution is -0.0131. The second kappa shape index (κ2) is 5.22. The third kappa shape index (κ3) is 2.71. The standard InChI is InChI=1S/C16H26O/c1-6-16(7-2,14(17)15(3,4)5)13-11-9-8-10-12-13/h8-12,14,17H,6-7H2,1-5H3. The summed E-state index contributed by atoms with van der Waals surface area (Å²) < 4.78 is 0. The van der Waals surface area contributed by atoms with E-state index in [1.165, 1.54) is 5.56 Å². The van der Waals surface area contributed by atoms with Crippen LogP contribution in [0.25, 0.3) is 0 Å². The van der Waals surface area contributed by atoms with Crippen LogP contribution < -0.4 is 0 Å². The highest BCUT2D eigenvalue weighted by Crippen LogP contribution is 2.42. The monoisotopic (exact) mass is 234 g/mol. The zero-order valence-corrected chi connectivity index (χ0v) is 11.8. The first kappa shape index (κ1) is 14.2. The highest BCUT2D eigenvalue weighted by molar-refractivity contribution is 5.27. The van der Waals surface area contributed by atoms with Gasteiger partial charge < -0.3 is 5.11 Å². The lowest BCUT2D eigenvalue weighted by atomic mass is 9.64. The molecule has 1 nitrogen and oxygen atoms in total. The number of hydrogen-bond donors (Lipinski definition) is 1. The molecule has 1 rings (SSSR count). The van der Waals surface area contributed by atoms with Crippen molar-refractivity contribution in [2.45, 2.75) is 59.0 Å². The Balaban J connectivity index is 3.23. The minimum Gasteiger partial charge on any atom is -0.392 e. The highest BCUT2D eigenvalue weighted by Gasteiger charge is 2.42. The average molecular weight is 234 g/mol. The van der Waals surface area contributed by atoms with E-state index < -0.39 is 0 Å². The second-order valence-corrected chi connectivity index (χ2v) is 6.00. The van der Waals surface area contributed by atoms with E-state index in [0.29, 0.717) is 0 Å². The fraction of sp³-hybridized carbons (Fsp3) is 0.625. The van der Waals surface area contributed by atoms with Crippen molar-refractivity contribution in [2.24, 2.45) is 5.41 Å². The fourth-order valence-corrected chi connectivity index (χ4v) is 2.80. The van der Waals surface area contributed by atoms with Gasteiger partial charge in [-0.05, 0) is 23.8 Å². The van der Waals surface area contributed by atoms with Crippen LogP contribution in [0.5, 0.6) is 0 Å². The Hall–Kier alpha value is -0.820. The van der Waals surface area contributed by atoms with E-state index in [1.807, 2.05) is 6.07 Å². The van der Waals surface area contributed by atoms with Crippen molar-refractivity contribution < 1.29 is 5.11 Å². The van der Waals surface area contributed by atoms with Crippen LogP contribution in [-0.4, -0.2) is 11.2 Å². The van der Waals surface area contributed by atoms with E-state index in [0.717, 1.165) is 12.8 Å². The Morgan fingerprint density at radius 3 is 1.82 bits per heavy atom. The van der Waals surface area contributed by atoms with Crippen molar-refractivity contribution in [3.05, 3.63) is 35.9 Å². The Labute approximate surface area is 106 Å². The summed E-state index contributed by atoms with van der Waals surface area (Å²) in [5.74, 6) is 0. The largest absolute Gasteiger partial charge is 0.392 e. The van der Waals surface area contributed by atoms with Crippen LogP contribution in [0.2, 0.25) is 0 Å². The van der Waals surface area contributed by atoms with E-state index in [9.17, 15) is 5.11 Å². The van der Waals surface area contributed by atoms with Crippen molar-refractivity contribution in [2.75, 3.05) is 0 Å². The maximum Gasteiger partial charge on any atom is 0.0684 e. The molecule has 0 spiro atoms. The average Bonchev–Trinajstić information content (AvgIpc) is 2.31. The summed E-state index contributed by atoms with van der Waals surface area (Å²) in [5, 5.41) is 10.7. The summed E-state index contributed by atoms with van der Waals surface area (Å²) in [6.45, 7) is 10.7. The summed E-state index contributed by atoms with van der Waals surface area (Å²) in [4.78, 5) is 0. The van der Waals surface area contributed by atoms with E-state index in [4.69, 9.17) is 0 Å². The van der Waals surface area contributed by atoms with Gasteiger partial charge in [0.15, 0.2) is 0 Å². The minimum atomic E-state index is -0.326. The maximum absolute atomic E-state index is 10.7. The Kier molecular flexibility index (Phi) is 4.37. The van der Waals surface area contributed by atoms with Crippen molar-refractivity contribution in [3.8, 4) is 0 Å². The molecule has 0 bridgehead atoms. The molecule has 0 amide bonds. The van der Waals surface area contributed by atoms with Crippen LogP contribution in [0, 0.1) is 5.41 Å². The molecular weight excluding hydrogens is 208 g/mol. The molecule has 0 aromatic heterocycles. The van der Waals surface area contributed by atoms with Crippen LogP contribution in [0.15, 0.2) is 30.3 Å². The van der Waals surface area contributed by atoms with E-state index in [1.54, 1.807) is 0 Å². The van der Waals surface area contributed by atoms with Gasteiger partial charge >= 0.3 is 0 Å². The topological polar surface area (TPSA) is 20.2 Å². The molecule has 0 saturated heterocycles. The van der Waals surface area contributed by atoms with Crippen LogP contribution in [0.4, 0.5) is 0 Å². The third-order valence-electron chi connectivity index (χ3n) is 3.95. The molecule has 1 N–H and O–H groups in total. The number of benzene rings is 1. The molecule has 1 aromatic carbocycles. The lowest BCUT2D eigenvalue weighted by Gasteiger charge is -2.43. The Bertz CT molecular complexity index is 330. The number of aliphatic hydroxyl groups is 1. The van der Waals surface area contributed by atoms with Crippen LogP contribution in [0.3, 0.4) is 0 Å². The summed E-state index contributed by atoms with van der Waals surface area (Å²) in [6, 6.07) is 10.4. The van der Waals surface area contributed by atoms with Crippen molar-refractivity contribution in [3.63, 3.8) is 0 Å². The van der Waals surface area contributed by atoms with E-state index in [-0.39, 0.29) is 16.9 Å².